The van der Waals surface area contributed by atoms with Crippen LogP contribution in [0.4, 0.5) is 0 Å². The third-order valence-corrected chi connectivity index (χ3v) is 2.82. The minimum absolute atomic E-state index is 0.0825. The van der Waals surface area contributed by atoms with Crippen molar-refractivity contribution in [3.05, 3.63) is 29.8 Å². The first kappa shape index (κ1) is 12.4. The Balaban J connectivity index is 2.14. The van der Waals surface area contributed by atoms with Gasteiger partial charge in [0.15, 0.2) is 0 Å². The van der Waals surface area contributed by atoms with E-state index in [1.807, 2.05) is 0 Å². The number of primary amides is 1. The summed E-state index contributed by atoms with van der Waals surface area (Å²) in [7, 11) is 0. The molecule has 0 atom stereocenters. The molecule has 1 aromatic rings. The number of hydrogen-bond donors (Lipinski definition) is 3. The van der Waals surface area contributed by atoms with Crippen molar-refractivity contribution in [3.63, 3.8) is 0 Å². The van der Waals surface area contributed by atoms with E-state index in [1.165, 1.54) is 6.07 Å². The Bertz CT molecular complexity index is 483. The summed E-state index contributed by atoms with van der Waals surface area (Å²) >= 11 is 0. The van der Waals surface area contributed by atoms with E-state index in [9.17, 15) is 9.59 Å². The van der Waals surface area contributed by atoms with E-state index in [1.54, 1.807) is 18.2 Å². The number of ether oxygens (including phenoxy) is 1. The molecule has 0 unspecified atom stereocenters. The molecule has 96 valence electrons. The van der Waals surface area contributed by atoms with Crippen LogP contribution in [-0.2, 0) is 4.79 Å². The number of nitrogens with two attached hydrogens (primary N) is 1. The van der Waals surface area contributed by atoms with Crippen molar-refractivity contribution in [2.75, 3.05) is 13.1 Å². The molecule has 0 spiro atoms. The summed E-state index contributed by atoms with van der Waals surface area (Å²) < 4.78 is 5.69. The maximum Gasteiger partial charge on any atom is 0.307 e. The third-order valence-electron chi connectivity index (χ3n) is 2.82. The molecular weight excluding hydrogens is 236 g/mol. The number of rotatable bonds is 5. The topological polar surface area (TPSA) is 102 Å². The molecule has 1 heterocycles. The van der Waals surface area contributed by atoms with E-state index in [0.29, 0.717) is 24.4 Å². The highest BCUT2D eigenvalue weighted by molar-refractivity contribution is 5.93. The van der Waals surface area contributed by atoms with Gasteiger partial charge in [0.2, 0.25) is 5.91 Å². The smallest absolute Gasteiger partial charge is 0.307 e. The average Bonchev–Trinajstić information content (AvgIpc) is 2.25. The van der Waals surface area contributed by atoms with Gasteiger partial charge in [0.25, 0.3) is 0 Å². The van der Waals surface area contributed by atoms with Crippen molar-refractivity contribution in [3.8, 4) is 5.75 Å². The molecule has 0 saturated carbocycles. The molecular formula is C12H14N2O4. The van der Waals surface area contributed by atoms with Crippen molar-refractivity contribution < 1.29 is 19.4 Å². The summed E-state index contributed by atoms with van der Waals surface area (Å²) in [5, 5.41) is 11.8. The molecule has 6 nitrogen and oxygen atoms in total. The van der Waals surface area contributed by atoms with Crippen LogP contribution >= 0.6 is 0 Å². The van der Waals surface area contributed by atoms with Gasteiger partial charge in [-0.3, -0.25) is 9.59 Å². The quantitative estimate of drug-likeness (QED) is 0.681. The molecule has 1 amide bonds. The molecule has 1 aliphatic heterocycles. The van der Waals surface area contributed by atoms with Crippen molar-refractivity contribution in [1.82, 2.24) is 5.32 Å². The Labute approximate surface area is 104 Å². The standard InChI is InChI=1S/C12H14N2O4/c13-11(17)8-2-1-3-9(4-8)18-12(5-10(15)16)6-14-7-12/h1-4,14H,5-7H2,(H2,13,17)(H,15,16). The summed E-state index contributed by atoms with van der Waals surface area (Å²) in [5.74, 6) is -1.00. The number of carboxylic acids is 1. The van der Waals surface area contributed by atoms with Crippen LogP contribution in [0.1, 0.15) is 16.8 Å². The van der Waals surface area contributed by atoms with Crippen LogP contribution in [0, 0.1) is 0 Å². The number of nitrogens with one attached hydrogen (secondary N) is 1. The maximum absolute atomic E-state index is 11.0. The lowest BCUT2D eigenvalue weighted by molar-refractivity contribution is -0.143. The van der Waals surface area contributed by atoms with Gasteiger partial charge >= 0.3 is 5.97 Å². The summed E-state index contributed by atoms with van der Waals surface area (Å²) in [5.41, 5.74) is 4.78. The van der Waals surface area contributed by atoms with Gasteiger partial charge in [-0.05, 0) is 18.2 Å². The summed E-state index contributed by atoms with van der Waals surface area (Å²) in [6, 6.07) is 6.42. The summed E-state index contributed by atoms with van der Waals surface area (Å²) in [6.07, 6.45) is -0.0825. The molecule has 0 aromatic heterocycles. The fourth-order valence-electron chi connectivity index (χ4n) is 1.88. The molecule has 1 fully saturated rings. The number of aliphatic carboxylic acids is 1. The molecule has 1 aromatic carbocycles. The largest absolute Gasteiger partial charge is 0.484 e. The van der Waals surface area contributed by atoms with Gasteiger partial charge in [-0.15, -0.1) is 0 Å². The van der Waals surface area contributed by atoms with Crippen molar-refractivity contribution in [2.45, 2.75) is 12.0 Å². The fraction of sp³-hybridized carbons (Fsp3) is 0.333. The molecule has 0 aliphatic carbocycles. The van der Waals surface area contributed by atoms with Crippen LogP contribution < -0.4 is 15.8 Å². The lowest BCUT2D eigenvalue weighted by Crippen LogP contribution is -2.64. The second-order valence-electron chi connectivity index (χ2n) is 4.35. The van der Waals surface area contributed by atoms with Gasteiger partial charge in [-0.25, -0.2) is 0 Å². The van der Waals surface area contributed by atoms with Gasteiger partial charge < -0.3 is 20.9 Å². The van der Waals surface area contributed by atoms with Crippen LogP contribution in [0.25, 0.3) is 0 Å². The first-order chi connectivity index (χ1) is 8.51. The Morgan fingerprint density at radius 3 is 2.67 bits per heavy atom. The van der Waals surface area contributed by atoms with Crippen LogP contribution in [0.3, 0.4) is 0 Å². The van der Waals surface area contributed by atoms with Crippen molar-refractivity contribution in [2.24, 2.45) is 5.73 Å². The lowest BCUT2D eigenvalue weighted by Gasteiger charge is -2.41. The monoisotopic (exact) mass is 250 g/mol. The molecule has 18 heavy (non-hydrogen) atoms. The van der Waals surface area contributed by atoms with E-state index < -0.39 is 17.5 Å². The Morgan fingerprint density at radius 2 is 2.17 bits per heavy atom. The number of amides is 1. The van der Waals surface area contributed by atoms with Crippen molar-refractivity contribution in [1.29, 1.82) is 0 Å². The first-order valence-electron chi connectivity index (χ1n) is 5.52. The summed E-state index contributed by atoms with van der Waals surface area (Å²) in [4.78, 5) is 21.8. The predicted octanol–water partition coefficient (Wildman–Crippen LogP) is -0.0190. The van der Waals surface area contributed by atoms with E-state index in [2.05, 4.69) is 5.32 Å². The number of hydrogen-bond acceptors (Lipinski definition) is 4. The zero-order chi connectivity index (χ0) is 13.2. The zero-order valence-corrected chi connectivity index (χ0v) is 9.68. The highest BCUT2D eigenvalue weighted by atomic mass is 16.5. The number of carbonyl (C=O) groups is 2. The molecule has 0 bridgehead atoms. The number of carbonyl (C=O) groups excluding carboxylic acids is 1. The normalized spacial score (nSPS) is 16.7. The highest BCUT2D eigenvalue weighted by Crippen LogP contribution is 2.25. The molecule has 1 aliphatic rings. The molecule has 2 rings (SSSR count). The van der Waals surface area contributed by atoms with E-state index in [0.717, 1.165) is 0 Å². The first-order valence-corrected chi connectivity index (χ1v) is 5.52. The van der Waals surface area contributed by atoms with Gasteiger partial charge in [-0.1, -0.05) is 6.07 Å². The van der Waals surface area contributed by atoms with Gasteiger partial charge in [-0.2, -0.15) is 0 Å². The van der Waals surface area contributed by atoms with E-state index in [-0.39, 0.29) is 6.42 Å². The SMILES string of the molecule is NC(=O)c1cccc(OC2(CC(=O)O)CNC2)c1. The molecule has 4 N–H and O–H groups in total. The molecule has 0 radical (unpaired) electrons. The Morgan fingerprint density at radius 1 is 1.44 bits per heavy atom. The van der Waals surface area contributed by atoms with Gasteiger partial charge in [0.05, 0.1) is 6.42 Å². The van der Waals surface area contributed by atoms with Crippen LogP contribution in [0.2, 0.25) is 0 Å². The Hall–Kier alpha value is -2.08. The average molecular weight is 250 g/mol. The summed E-state index contributed by atoms with van der Waals surface area (Å²) in [6.45, 7) is 0.945. The second-order valence-corrected chi connectivity index (χ2v) is 4.35. The number of benzene rings is 1. The predicted molar refractivity (Wildman–Crippen MR) is 63.4 cm³/mol. The minimum atomic E-state index is -0.914. The third kappa shape index (κ3) is 2.60. The Kier molecular flexibility index (Phi) is 3.20. The zero-order valence-electron chi connectivity index (χ0n) is 9.68. The fourth-order valence-corrected chi connectivity index (χ4v) is 1.88. The van der Waals surface area contributed by atoms with Crippen LogP contribution in [0.15, 0.2) is 24.3 Å². The van der Waals surface area contributed by atoms with Crippen LogP contribution in [-0.4, -0.2) is 35.7 Å². The lowest BCUT2D eigenvalue weighted by atomic mass is 9.92. The highest BCUT2D eigenvalue weighted by Gasteiger charge is 2.41. The van der Waals surface area contributed by atoms with Crippen molar-refractivity contribution >= 4 is 11.9 Å². The second kappa shape index (κ2) is 4.66. The molecule has 6 heteroatoms. The van der Waals surface area contributed by atoms with Gasteiger partial charge in [0, 0.05) is 18.7 Å². The maximum atomic E-state index is 11.0. The number of carboxylic acid groups (broad SMARTS) is 1. The van der Waals surface area contributed by atoms with E-state index in [4.69, 9.17) is 15.6 Å². The minimum Gasteiger partial charge on any atom is -0.484 e. The van der Waals surface area contributed by atoms with Crippen LogP contribution in [0.5, 0.6) is 5.75 Å². The molecule has 1 saturated heterocycles. The van der Waals surface area contributed by atoms with Gasteiger partial charge in [0.1, 0.15) is 11.4 Å². The van der Waals surface area contributed by atoms with E-state index >= 15 is 0 Å².